The van der Waals surface area contributed by atoms with Gasteiger partial charge in [-0.2, -0.15) is 0 Å². The lowest BCUT2D eigenvalue weighted by Crippen LogP contribution is -2.48. The number of likely N-dealkylation sites (tertiary alicyclic amines) is 1. The molecule has 1 aliphatic heterocycles. The van der Waals surface area contributed by atoms with Crippen LogP contribution in [0.2, 0.25) is 0 Å². The van der Waals surface area contributed by atoms with Gasteiger partial charge in [-0.3, -0.25) is 4.79 Å². The Kier molecular flexibility index (Phi) is 4.39. The third-order valence-corrected chi connectivity index (χ3v) is 5.75. The van der Waals surface area contributed by atoms with Crippen molar-refractivity contribution >= 4 is 11.9 Å². The second-order valence-corrected chi connectivity index (χ2v) is 7.80. The van der Waals surface area contributed by atoms with Gasteiger partial charge in [0.25, 0.3) is 0 Å². The number of carbonyl (C=O) groups is 1. The number of aromatic nitrogens is 2. The maximum absolute atomic E-state index is 12.9. The molecule has 5 nitrogen and oxygen atoms in total. The smallest absolute Gasteiger partial charge is 0.227 e. The third kappa shape index (κ3) is 3.06. The van der Waals surface area contributed by atoms with Gasteiger partial charge in [0.2, 0.25) is 11.9 Å². The van der Waals surface area contributed by atoms with E-state index in [0.717, 1.165) is 50.3 Å². The molecule has 1 saturated heterocycles. The van der Waals surface area contributed by atoms with Crippen LogP contribution in [0.4, 0.5) is 5.95 Å². The topological polar surface area (TPSA) is 49.3 Å². The van der Waals surface area contributed by atoms with Crippen molar-refractivity contribution < 1.29 is 4.79 Å². The number of amides is 1. The molecule has 136 valence electrons. The minimum Gasteiger partial charge on any atom is -0.347 e. The van der Waals surface area contributed by atoms with E-state index in [0.29, 0.717) is 6.42 Å². The number of aryl methyl sites for hydroxylation is 1. The van der Waals surface area contributed by atoms with Crippen LogP contribution in [-0.4, -0.2) is 48.0 Å². The number of fused-ring (bicyclic) bond motifs is 2. The number of benzene rings is 1. The van der Waals surface area contributed by atoms with Gasteiger partial charge in [-0.25, -0.2) is 9.97 Å². The van der Waals surface area contributed by atoms with Gasteiger partial charge in [0.05, 0.1) is 12.1 Å². The highest BCUT2D eigenvalue weighted by atomic mass is 16.2. The summed E-state index contributed by atoms with van der Waals surface area (Å²) in [6.45, 7) is 1.64. The van der Waals surface area contributed by atoms with Crippen LogP contribution in [0.25, 0.3) is 0 Å². The number of piperidine rings is 1. The summed E-state index contributed by atoms with van der Waals surface area (Å²) in [7, 11) is 3.94. The second-order valence-electron chi connectivity index (χ2n) is 7.80. The first-order valence-corrected chi connectivity index (χ1v) is 9.43. The van der Waals surface area contributed by atoms with Gasteiger partial charge in [-0.05, 0) is 36.8 Å². The van der Waals surface area contributed by atoms with Crippen LogP contribution in [-0.2, 0) is 23.1 Å². The fraction of sp³-hybridized carbons (Fsp3) is 0.476. The van der Waals surface area contributed by atoms with Crippen molar-refractivity contribution in [2.24, 2.45) is 0 Å². The summed E-state index contributed by atoms with van der Waals surface area (Å²) in [6, 6.07) is 10.0. The van der Waals surface area contributed by atoms with Crippen molar-refractivity contribution in [3.05, 3.63) is 53.3 Å². The van der Waals surface area contributed by atoms with E-state index in [9.17, 15) is 4.79 Å². The van der Waals surface area contributed by atoms with Gasteiger partial charge in [0, 0.05) is 38.8 Å². The maximum Gasteiger partial charge on any atom is 0.227 e. The molecule has 1 atom stereocenters. The molecule has 0 bridgehead atoms. The van der Waals surface area contributed by atoms with Crippen LogP contribution in [0.1, 0.15) is 36.1 Å². The van der Waals surface area contributed by atoms with Crippen LogP contribution >= 0.6 is 0 Å². The van der Waals surface area contributed by atoms with E-state index in [-0.39, 0.29) is 11.3 Å². The molecule has 1 unspecified atom stereocenters. The Balaban J connectivity index is 1.56. The summed E-state index contributed by atoms with van der Waals surface area (Å²) in [5, 5.41) is 0. The summed E-state index contributed by atoms with van der Waals surface area (Å²) in [6.07, 6.45) is 6.71. The van der Waals surface area contributed by atoms with Crippen LogP contribution in [0.15, 0.2) is 36.5 Å². The Morgan fingerprint density at radius 2 is 2.04 bits per heavy atom. The predicted octanol–water partition coefficient (Wildman–Crippen LogP) is 2.59. The SMILES string of the molecule is CN(C)c1ncc2c(n1)C1(CCCN(C(=O)Cc3ccccc3)C1)CC2. The molecule has 2 aliphatic rings. The van der Waals surface area contributed by atoms with E-state index < -0.39 is 0 Å². The van der Waals surface area contributed by atoms with E-state index in [1.807, 2.05) is 55.5 Å². The number of nitrogens with zero attached hydrogens (tertiary/aromatic N) is 4. The quantitative estimate of drug-likeness (QED) is 0.854. The Bertz CT molecular complexity index is 801. The Hall–Kier alpha value is -2.43. The lowest BCUT2D eigenvalue weighted by molar-refractivity contribution is -0.132. The molecule has 2 heterocycles. The van der Waals surface area contributed by atoms with Crippen LogP contribution < -0.4 is 4.90 Å². The highest BCUT2D eigenvalue weighted by Crippen LogP contribution is 2.44. The van der Waals surface area contributed by atoms with Crippen molar-refractivity contribution in [1.82, 2.24) is 14.9 Å². The summed E-state index contributed by atoms with van der Waals surface area (Å²) in [5.41, 5.74) is 3.52. The number of hydrogen-bond acceptors (Lipinski definition) is 4. The molecule has 4 rings (SSSR count). The standard InChI is InChI=1S/C21H26N4O/c1-24(2)20-22-14-17-9-11-21(19(17)23-20)10-6-12-25(15-21)18(26)13-16-7-4-3-5-8-16/h3-5,7-8,14H,6,9-13,15H2,1-2H3. The van der Waals surface area contributed by atoms with Gasteiger partial charge in [-0.1, -0.05) is 30.3 Å². The normalized spacial score (nSPS) is 21.7. The minimum atomic E-state index is 0.00757. The number of rotatable bonds is 3. The molecule has 0 radical (unpaired) electrons. The summed E-state index contributed by atoms with van der Waals surface area (Å²) in [5.74, 6) is 0.989. The Morgan fingerprint density at radius 3 is 2.81 bits per heavy atom. The van der Waals surface area contributed by atoms with Crippen LogP contribution in [0, 0.1) is 0 Å². The zero-order valence-corrected chi connectivity index (χ0v) is 15.6. The molecule has 1 fully saturated rings. The summed E-state index contributed by atoms with van der Waals surface area (Å²) in [4.78, 5) is 26.2. The zero-order valence-electron chi connectivity index (χ0n) is 15.6. The van der Waals surface area contributed by atoms with Gasteiger partial charge >= 0.3 is 0 Å². The fourth-order valence-corrected chi connectivity index (χ4v) is 4.37. The second kappa shape index (κ2) is 6.71. The molecule has 1 aromatic heterocycles. The summed E-state index contributed by atoms with van der Waals surface area (Å²) < 4.78 is 0. The molecule has 1 amide bonds. The molecule has 5 heteroatoms. The average Bonchev–Trinajstić information content (AvgIpc) is 3.00. The van der Waals surface area contributed by atoms with Gasteiger partial charge in [-0.15, -0.1) is 0 Å². The number of carbonyl (C=O) groups excluding carboxylic acids is 1. The van der Waals surface area contributed by atoms with Crippen LogP contribution in [0.5, 0.6) is 0 Å². The first-order chi connectivity index (χ1) is 12.6. The van der Waals surface area contributed by atoms with Crippen molar-refractivity contribution in [3.63, 3.8) is 0 Å². The monoisotopic (exact) mass is 350 g/mol. The van der Waals surface area contributed by atoms with Crippen molar-refractivity contribution in [2.75, 3.05) is 32.1 Å². The molecule has 26 heavy (non-hydrogen) atoms. The van der Waals surface area contributed by atoms with E-state index >= 15 is 0 Å². The highest BCUT2D eigenvalue weighted by molar-refractivity contribution is 5.79. The maximum atomic E-state index is 12.9. The molecule has 1 spiro atoms. The molecule has 0 N–H and O–H groups in total. The molecule has 0 saturated carbocycles. The summed E-state index contributed by atoms with van der Waals surface area (Å²) >= 11 is 0. The Morgan fingerprint density at radius 1 is 1.23 bits per heavy atom. The zero-order chi connectivity index (χ0) is 18.1. The Labute approximate surface area is 155 Å². The lowest BCUT2D eigenvalue weighted by Gasteiger charge is -2.40. The molecular formula is C21H26N4O. The largest absolute Gasteiger partial charge is 0.347 e. The predicted molar refractivity (Wildman–Crippen MR) is 102 cm³/mol. The molecular weight excluding hydrogens is 324 g/mol. The van der Waals surface area contributed by atoms with Gasteiger partial charge in [0.15, 0.2) is 0 Å². The van der Waals surface area contributed by atoms with Crippen LogP contribution in [0.3, 0.4) is 0 Å². The molecule has 2 aromatic rings. The number of anilines is 1. The minimum absolute atomic E-state index is 0.00757. The first-order valence-electron chi connectivity index (χ1n) is 9.43. The fourth-order valence-electron chi connectivity index (χ4n) is 4.37. The third-order valence-electron chi connectivity index (χ3n) is 5.75. The molecule has 1 aromatic carbocycles. The molecule has 1 aliphatic carbocycles. The number of hydrogen-bond donors (Lipinski definition) is 0. The van der Waals surface area contributed by atoms with Crippen molar-refractivity contribution in [1.29, 1.82) is 0 Å². The highest BCUT2D eigenvalue weighted by Gasteiger charge is 2.44. The van der Waals surface area contributed by atoms with E-state index in [1.54, 1.807) is 0 Å². The van der Waals surface area contributed by atoms with Gasteiger partial charge in [0.1, 0.15) is 0 Å². The van der Waals surface area contributed by atoms with E-state index in [4.69, 9.17) is 4.98 Å². The van der Waals surface area contributed by atoms with Crippen molar-refractivity contribution in [2.45, 2.75) is 37.5 Å². The lowest BCUT2D eigenvalue weighted by atomic mass is 9.77. The van der Waals surface area contributed by atoms with E-state index in [1.165, 1.54) is 11.3 Å². The van der Waals surface area contributed by atoms with E-state index in [2.05, 4.69) is 9.88 Å². The van der Waals surface area contributed by atoms with Gasteiger partial charge < -0.3 is 9.80 Å². The first kappa shape index (κ1) is 17.0. The average molecular weight is 350 g/mol. The van der Waals surface area contributed by atoms with Crippen molar-refractivity contribution in [3.8, 4) is 0 Å².